The fraction of sp³-hybridized carbons (Fsp3) is 0.824. The van der Waals surface area contributed by atoms with Crippen LogP contribution < -0.4 is 0 Å². The SMILES string of the molecule is CCCCC/C=C\C/C=C\C/C=C\CCCCC(=O)OC[C@@H](COC(=O)CCCCCCCCCCCC)OC(=O)CCCCCCCCCCCCCCCC. The van der Waals surface area contributed by atoms with Gasteiger partial charge in [0.1, 0.15) is 13.2 Å². The van der Waals surface area contributed by atoms with Gasteiger partial charge < -0.3 is 14.2 Å². The molecule has 0 fully saturated rings. The summed E-state index contributed by atoms with van der Waals surface area (Å²) >= 11 is 0. The van der Waals surface area contributed by atoms with Crippen LogP contribution in [0.3, 0.4) is 0 Å². The molecule has 0 unspecified atom stereocenters. The molecule has 57 heavy (non-hydrogen) atoms. The Morgan fingerprint density at radius 2 is 0.632 bits per heavy atom. The first-order chi connectivity index (χ1) is 28.0. The minimum absolute atomic E-state index is 0.0805. The van der Waals surface area contributed by atoms with Gasteiger partial charge in [-0.25, -0.2) is 0 Å². The fourth-order valence-electron chi connectivity index (χ4n) is 6.92. The van der Waals surface area contributed by atoms with Gasteiger partial charge in [-0.05, 0) is 57.8 Å². The summed E-state index contributed by atoms with van der Waals surface area (Å²) in [4.78, 5) is 37.8. The predicted octanol–water partition coefficient (Wildman–Crippen LogP) is 15.8. The molecule has 0 rings (SSSR count). The van der Waals surface area contributed by atoms with Crippen LogP contribution in [0.25, 0.3) is 0 Å². The smallest absolute Gasteiger partial charge is 0.306 e. The molecule has 0 N–H and O–H groups in total. The number of unbranched alkanes of at least 4 members (excludes halogenated alkanes) is 27. The van der Waals surface area contributed by atoms with E-state index in [9.17, 15) is 14.4 Å². The molecular formula is C51H92O6. The number of ether oxygens (including phenoxy) is 3. The summed E-state index contributed by atoms with van der Waals surface area (Å²) in [6, 6.07) is 0. The van der Waals surface area contributed by atoms with Gasteiger partial charge in [0.05, 0.1) is 0 Å². The average Bonchev–Trinajstić information content (AvgIpc) is 3.21. The second-order valence-electron chi connectivity index (χ2n) is 16.4. The van der Waals surface area contributed by atoms with Crippen LogP contribution in [0.2, 0.25) is 0 Å². The Morgan fingerprint density at radius 1 is 0.351 bits per heavy atom. The molecule has 0 radical (unpaired) electrons. The maximum Gasteiger partial charge on any atom is 0.306 e. The Morgan fingerprint density at radius 3 is 1.02 bits per heavy atom. The van der Waals surface area contributed by atoms with Gasteiger partial charge in [0.25, 0.3) is 0 Å². The zero-order chi connectivity index (χ0) is 41.5. The van der Waals surface area contributed by atoms with Crippen molar-refractivity contribution in [2.45, 2.75) is 258 Å². The lowest BCUT2D eigenvalue weighted by Gasteiger charge is -2.18. The van der Waals surface area contributed by atoms with Crippen molar-refractivity contribution in [2.75, 3.05) is 13.2 Å². The first kappa shape index (κ1) is 54.6. The Labute approximate surface area is 353 Å². The molecule has 0 spiro atoms. The average molecular weight is 801 g/mol. The molecule has 0 aromatic heterocycles. The predicted molar refractivity (Wildman–Crippen MR) is 242 cm³/mol. The third-order valence-electron chi connectivity index (χ3n) is 10.6. The molecule has 0 aromatic rings. The van der Waals surface area contributed by atoms with E-state index in [2.05, 4.69) is 57.2 Å². The van der Waals surface area contributed by atoms with E-state index in [0.29, 0.717) is 19.3 Å². The standard InChI is InChI=1S/C51H92O6/c1-4-7-10-13-16-19-22-24-26-28-29-32-35-38-41-44-50(53)56-47-48(46-55-49(52)43-40-37-34-31-21-18-15-12-9-6-3)57-51(54)45-42-39-36-33-30-27-25-23-20-17-14-11-8-5-2/h16,19,24,26,29,32,48H,4-15,17-18,20-23,25,27-28,30-31,33-47H2,1-3H3/b19-16-,26-24-,32-29-/t48-/m1/s1. The third-order valence-corrected chi connectivity index (χ3v) is 10.6. The van der Waals surface area contributed by atoms with Crippen molar-refractivity contribution in [1.82, 2.24) is 0 Å². The third kappa shape index (κ3) is 44.6. The van der Waals surface area contributed by atoms with Gasteiger partial charge in [0, 0.05) is 19.3 Å². The Hall–Kier alpha value is -2.37. The van der Waals surface area contributed by atoms with E-state index in [1.165, 1.54) is 141 Å². The normalized spacial score (nSPS) is 12.3. The molecule has 0 heterocycles. The van der Waals surface area contributed by atoms with Crippen molar-refractivity contribution in [3.63, 3.8) is 0 Å². The van der Waals surface area contributed by atoms with Crippen LogP contribution >= 0.6 is 0 Å². The van der Waals surface area contributed by atoms with Crippen molar-refractivity contribution >= 4 is 17.9 Å². The second-order valence-corrected chi connectivity index (χ2v) is 16.4. The van der Waals surface area contributed by atoms with Gasteiger partial charge in [-0.15, -0.1) is 0 Å². The highest BCUT2D eigenvalue weighted by Gasteiger charge is 2.19. The summed E-state index contributed by atoms with van der Waals surface area (Å²) in [5.41, 5.74) is 0. The van der Waals surface area contributed by atoms with Crippen LogP contribution in [0.5, 0.6) is 0 Å². The molecule has 0 aromatic carbocycles. The van der Waals surface area contributed by atoms with E-state index in [1.54, 1.807) is 0 Å². The summed E-state index contributed by atoms with van der Waals surface area (Å²) in [6.45, 7) is 6.57. The quantitative estimate of drug-likeness (QED) is 0.0264. The summed E-state index contributed by atoms with van der Waals surface area (Å²) in [7, 11) is 0. The lowest BCUT2D eigenvalue weighted by Crippen LogP contribution is -2.30. The number of hydrogen-bond donors (Lipinski definition) is 0. The molecule has 1 atom stereocenters. The minimum atomic E-state index is -0.780. The number of esters is 3. The molecule has 0 aliphatic heterocycles. The summed E-state index contributed by atoms with van der Waals surface area (Å²) in [6.07, 6.45) is 52.7. The molecule has 0 aliphatic rings. The van der Waals surface area contributed by atoms with Crippen LogP contribution in [0, 0.1) is 0 Å². The molecule has 6 heteroatoms. The molecule has 332 valence electrons. The van der Waals surface area contributed by atoms with E-state index >= 15 is 0 Å². The van der Waals surface area contributed by atoms with E-state index in [0.717, 1.165) is 70.6 Å². The van der Waals surface area contributed by atoms with Crippen LogP contribution in [0.15, 0.2) is 36.5 Å². The van der Waals surface area contributed by atoms with Gasteiger partial charge >= 0.3 is 17.9 Å². The molecule has 6 nitrogen and oxygen atoms in total. The first-order valence-corrected chi connectivity index (χ1v) is 24.5. The highest BCUT2D eigenvalue weighted by Crippen LogP contribution is 2.15. The van der Waals surface area contributed by atoms with Crippen molar-refractivity contribution in [3.05, 3.63) is 36.5 Å². The maximum atomic E-state index is 12.7. The monoisotopic (exact) mass is 801 g/mol. The topological polar surface area (TPSA) is 78.9 Å². The first-order valence-electron chi connectivity index (χ1n) is 24.5. The Bertz CT molecular complexity index is 969. The van der Waals surface area contributed by atoms with Crippen molar-refractivity contribution in [2.24, 2.45) is 0 Å². The lowest BCUT2D eigenvalue weighted by molar-refractivity contribution is -0.167. The largest absolute Gasteiger partial charge is 0.462 e. The maximum absolute atomic E-state index is 12.7. The molecule has 0 aliphatic carbocycles. The number of allylic oxidation sites excluding steroid dienone is 6. The summed E-state index contributed by atoms with van der Waals surface area (Å²) < 4.78 is 16.7. The van der Waals surface area contributed by atoms with E-state index < -0.39 is 6.10 Å². The lowest BCUT2D eigenvalue weighted by atomic mass is 10.0. The highest BCUT2D eigenvalue weighted by molar-refractivity contribution is 5.71. The number of hydrogen-bond acceptors (Lipinski definition) is 6. The molecule has 0 saturated carbocycles. The fourth-order valence-corrected chi connectivity index (χ4v) is 6.92. The van der Waals surface area contributed by atoms with Gasteiger partial charge in [0.15, 0.2) is 6.10 Å². The van der Waals surface area contributed by atoms with Crippen LogP contribution in [-0.2, 0) is 28.6 Å². The van der Waals surface area contributed by atoms with Crippen molar-refractivity contribution in [1.29, 1.82) is 0 Å². The van der Waals surface area contributed by atoms with E-state index in [1.807, 2.05) is 0 Å². The summed E-state index contributed by atoms with van der Waals surface area (Å²) in [5.74, 6) is -0.914. The zero-order valence-electron chi connectivity index (χ0n) is 37.9. The zero-order valence-corrected chi connectivity index (χ0v) is 37.9. The van der Waals surface area contributed by atoms with E-state index in [-0.39, 0.29) is 31.1 Å². The Kier molecular flexibility index (Phi) is 44.4. The Balaban J connectivity index is 4.40. The van der Waals surface area contributed by atoms with Crippen LogP contribution in [-0.4, -0.2) is 37.2 Å². The van der Waals surface area contributed by atoms with Crippen molar-refractivity contribution in [3.8, 4) is 0 Å². The van der Waals surface area contributed by atoms with E-state index in [4.69, 9.17) is 14.2 Å². The molecule has 0 saturated heterocycles. The summed E-state index contributed by atoms with van der Waals surface area (Å²) in [5, 5.41) is 0. The second kappa shape index (κ2) is 46.3. The number of carbonyl (C=O) groups is 3. The van der Waals surface area contributed by atoms with Gasteiger partial charge in [0.2, 0.25) is 0 Å². The van der Waals surface area contributed by atoms with Gasteiger partial charge in [-0.1, -0.05) is 211 Å². The van der Waals surface area contributed by atoms with Gasteiger partial charge in [-0.2, -0.15) is 0 Å². The molecule has 0 amide bonds. The number of rotatable bonds is 44. The highest BCUT2D eigenvalue weighted by atomic mass is 16.6. The van der Waals surface area contributed by atoms with Crippen LogP contribution in [0.1, 0.15) is 252 Å². The minimum Gasteiger partial charge on any atom is -0.462 e. The van der Waals surface area contributed by atoms with Crippen molar-refractivity contribution < 1.29 is 28.6 Å². The van der Waals surface area contributed by atoms with Crippen LogP contribution in [0.4, 0.5) is 0 Å². The molecular weight excluding hydrogens is 709 g/mol. The molecule has 0 bridgehead atoms. The van der Waals surface area contributed by atoms with Gasteiger partial charge in [-0.3, -0.25) is 14.4 Å². The number of carbonyl (C=O) groups excluding carboxylic acids is 3.